The van der Waals surface area contributed by atoms with Gasteiger partial charge in [0.1, 0.15) is 5.75 Å². The fraction of sp³-hybridized carbons (Fsp3) is 0.314. The maximum Gasteiger partial charge on any atom is 0.455 e. The molecule has 256 valence electrons. The van der Waals surface area contributed by atoms with Crippen molar-refractivity contribution in [2.45, 2.75) is 51.0 Å². The Morgan fingerprint density at radius 1 is 0.959 bits per heavy atom. The number of phenolic OH excluding ortho intramolecular Hbond substituents is 1. The van der Waals surface area contributed by atoms with E-state index in [0.717, 1.165) is 11.1 Å². The Morgan fingerprint density at radius 2 is 1.61 bits per heavy atom. The average molecular weight is 704 g/mol. The molecule has 2 heterocycles. The maximum atomic E-state index is 13.9. The molecule has 3 aromatic carbocycles. The first-order valence-electron chi connectivity index (χ1n) is 15.5. The fourth-order valence-corrected chi connectivity index (χ4v) is 7.53. The molecule has 0 unspecified atom stereocenters. The molecule has 0 saturated carbocycles. The van der Waals surface area contributed by atoms with Crippen molar-refractivity contribution in [2.24, 2.45) is 17.8 Å². The number of carbonyl (C=O) groups excluding carboxylic acids is 2. The van der Waals surface area contributed by atoms with E-state index in [1.807, 2.05) is 36.4 Å². The van der Waals surface area contributed by atoms with Crippen LogP contribution in [0.3, 0.4) is 0 Å². The fourth-order valence-electron chi connectivity index (χ4n) is 7.30. The lowest BCUT2D eigenvalue weighted by Gasteiger charge is -2.42. The van der Waals surface area contributed by atoms with Crippen LogP contribution in [0.25, 0.3) is 11.6 Å². The van der Waals surface area contributed by atoms with Crippen LogP contribution < -0.4 is 4.90 Å². The Balaban J connectivity index is 1.32. The van der Waals surface area contributed by atoms with Crippen LogP contribution in [0.5, 0.6) is 5.75 Å². The van der Waals surface area contributed by atoms with Crippen LogP contribution in [0.1, 0.15) is 48.4 Å². The van der Waals surface area contributed by atoms with Crippen molar-refractivity contribution in [3.63, 3.8) is 0 Å². The van der Waals surface area contributed by atoms with E-state index in [4.69, 9.17) is 16.3 Å². The van der Waals surface area contributed by atoms with Crippen molar-refractivity contribution in [1.29, 1.82) is 0 Å². The van der Waals surface area contributed by atoms with E-state index in [2.05, 4.69) is 0 Å². The molecule has 3 aromatic rings. The SMILES string of the molecule is CC1=C2[C@@H](CC/C(=C/c3ccc(O)cc3Cl)c3ccccc3)OB(O)C[C@@H]2[C@@H]2C(=O)N(c3cc(C(F)(F)F)cc(C(F)(F)F)c3)C(=O)[C@@H]2C1. The summed E-state index contributed by atoms with van der Waals surface area (Å²) in [5.41, 5.74) is -0.317. The molecule has 6 nitrogen and oxygen atoms in total. The first-order chi connectivity index (χ1) is 23.0. The molecule has 2 aliphatic heterocycles. The number of carbonyl (C=O) groups is 2. The molecular formula is C35H29BClF6NO5. The zero-order valence-corrected chi connectivity index (χ0v) is 26.6. The largest absolute Gasteiger partial charge is 0.508 e. The highest BCUT2D eigenvalue weighted by molar-refractivity contribution is 6.43. The van der Waals surface area contributed by atoms with Crippen molar-refractivity contribution >= 4 is 47.9 Å². The van der Waals surface area contributed by atoms with Gasteiger partial charge in [-0.1, -0.05) is 47.5 Å². The summed E-state index contributed by atoms with van der Waals surface area (Å²) in [5.74, 6) is -4.69. The molecule has 0 bridgehead atoms. The third kappa shape index (κ3) is 6.88. The van der Waals surface area contributed by atoms with Gasteiger partial charge >= 0.3 is 19.5 Å². The van der Waals surface area contributed by atoms with Gasteiger partial charge in [-0.05, 0) is 103 Å². The number of benzene rings is 3. The first-order valence-corrected chi connectivity index (χ1v) is 15.9. The predicted molar refractivity (Wildman–Crippen MR) is 171 cm³/mol. The van der Waals surface area contributed by atoms with Gasteiger partial charge in [-0.2, -0.15) is 26.3 Å². The maximum absolute atomic E-state index is 13.9. The highest BCUT2D eigenvalue weighted by Gasteiger charge is 2.57. The number of alkyl halides is 6. The molecule has 0 radical (unpaired) electrons. The van der Waals surface area contributed by atoms with Crippen LogP contribution in [-0.2, 0) is 26.6 Å². The van der Waals surface area contributed by atoms with Crippen LogP contribution in [0.15, 0.2) is 77.9 Å². The van der Waals surface area contributed by atoms with E-state index in [1.165, 1.54) is 12.1 Å². The second-order valence-corrected chi connectivity index (χ2v) is 13.0. The highest BCUT2D eigenvalue weighted by Crippen LogP contribution is 2.52. The first kappa shape index (κ1) is 34.8. The van der Waals surface area contributed by atoms with E-state index in [1.54, 1.807) is 13.0 Å². The number of halogens is 7. The van der Waals surface area contributed by atoms with Crippen LogP contribution in [-0.4, -0.2) is 35.2 Å². The minimum absolute atomic E-state index is 0.00409. The van der Waals surface area contributed by atoms with E-state index in [9.17, 15) is 46.1 Å². The van der Waals surface area contributed by atoms with Gasteiger partial charge in [0, 0.05) is 0 Å². The molecule has 2 N–H and O–H groups in total. The van der Waals surface area contributed by atoms with Crippen molar-refractivity contribution in [3.8, 4) is 5.75 Å². The topological polar surface area (TPSA) is 87.1 Å². The van der Waals surface area contributed by atoms with Crippen LogP contribution in [0.4, 0.5) is 32.0 Å². The number of fused-ring (bicyclic) bond motifs is 3. The van der Waals surface area contributed by atoms with E-state index in [0.29, 0.717) is 51.6 Å². The van der Waals surface area contributed by atoms with Gasteiger partial charge < -0.3 is 14.8 Å². The van der Waals surface area contributed by atoms with E-state index >= 15 is 0 Å². The number of nitrogens with zero attached hydrogens (tertiary/aromatic N) is 1. The molecule has 14 heteroatoms. The molecule has 2 amide bonds. The second-order valence-electron chi connectivity index (χ2n) is 12.5. The predicted octanol–water partition coefficient (Wildman–Crippen LogP) is 8.43. The minimum atomic E-state index is -5.17. The van der Waals surface area contributed by atoms with Gasteiger partial charge in [0.25, 0.3) is 0 Å². The lowest BCUT2D eigenvalue weighted by molar-refractivity contribution is -0.143. The Kier molecular flexibility index (Phi) is 9.23. The van der Waals surface area contributed by atoms with Crippen molar-refractivity contribution in [2.75, 3.05) is 4.90 Å². The van der Waals surface area contributed by atoms with Gasteiger partial charge in [-0.15, -0.1) is 0 Å². The summed E-state index contributed by atoms with van der Waals surface area (Å²) >= 11 is 6.39. The average Bonchev–Trinajstić information content (AvgIpc) is 3.28. The standard InChI is InChI=1S/C35H29BClF6NO5/c1-18-11-26-31(33(47)44(32(26)46)24-14-22(34(38,39)40)13-23(15-24)35(41,42)43)27-17-36(48)49-29(30(18)27)10-8-20(19-5-3-2-4-6-19)12-21-7-9-25(45)16-28(21)37/h2-7,9,12-16,26-27,29,31,45,48H,8,10-11,17H2,1H3/b20-12-/t26-,27+,29-,31-/m1/s1. The summed E-state index contributed by atoms with van der Waals surface area (Å²) in [6.07, 6.45) is -8.49. The normalized spacial score (nSPS) is 23.2. The number of aromatic hydroxyl groups is 1. The Bertz CT molecular complexity index is 1830. The van der Waals surface area contributed by atoms with Crippen molar-refractivity contribution in [1.82, 2.24) is 0 Å². The molecule has 1 aliphatic carbocycles. The van der Waals surface area contributed by atoms with Crippen LogP contribution in [0, 0.1) is 17.8 Å². The Hall–Kier alpha value is -4.07. The molecule has 0 spiro atoms. The van der Waals surface area contributed by atoms with Crippen LogP contribution in [0.2, 0.25) is 11.3 Å². The van der Waals surface area contributed by atoms with Gasteiger partial charge in [-0.25, -0.2) is 4.90 Å². The lowest BCUT2D eigenvalue weighted by Crippen LogP contribution is -2.46. The number of amides is 2. The summed E-state index contributed by atoms with van der Waals surface area (Å²) in [4.78, 5) is 28.0. The summed E-state index contributed by atoms with van der Waals surface area (Å²) < 4.78 is 87.8. The monoisotopic (exact) mass is 703 g/mol. The summed E-state index contributed by atoms with van der Waals surface area (Å²) in [6.45, 7) is 1.75. The molecule has 3 aliphatic rings. The van der Waals surface area contributed by atoms with E-state index < -0.39 is 72.0 Å². The number of phenols is 1. The van der Waals surface area contributed by atoms with Crippen molar-refractivity contribution in [3.05, 3.63) is 105 Å². The number of imide groups is 1. The molecule has 49 heavy (non-hydrogen) atoms. The highest BCUT2D eigenvalue weighted by atomic mass is 35.5. The van der Waals surface area contributed by atoms with Crippen LogP contribution >= 0.6 is 11.6 Å². The lowest BCUT2D eigenvalue weighted by atomic mass is 9.58. The molecule has 2 fully saturated rings. The molecule has 6 rings (SSSR count). The summed E-state index contributed by atoms with van der Waals surface area (Å²) in [6, 6.07) is 14.7. The van der Waals surface area contributed by atoms with E-state index in [-0.39, 0.29) is 24.6 Å². The smallest absolute Gasteiger partial charge is 0.455 e. The van der Waals surface area contributed by atoms with Crippen molar-refractivity contribution < 1.29 is 50.7 Å². The number of hydrogen-bond donors (Lipinski definition) is 2. The molecular weight excluding hydrogens is 675 g/mol. The number of anilines is 1. The molecule has 2 saturated heterocycles. The van der Waals surface area contributed by atoms with Gasteiger partial charge in [0.2, 0.25) is 11.8 Å². The quantitative estimate of drug-likeness (QED) is 0.0886. The minimum Gasteiger partial charge on any atom is -0.508 e. The van der Waals surface area contributed by atoms with Gasteiger partial charge in [0.15, 0.2) is 0 Å². The Morgan fingerprint density at radius 3 is 2.22 bits per heavy atom. The molecule has 4 atom stereocenters. The third-order valence-corrected chi connectivity index (χ3v) is 9.74. The number of rotatable bonds is 6. The van der Waals surface area contributed by atoms with Gasteiger partial charge in [-0.3, -0.25) is 9.59 Å². The molecule has 0 aromatic heterocycles. The zero-order chi connectivity index (χ0) is 35.4. The number of allylic oxidation sites excluding steroid dienone is 2. The second kappa shape index (κ2) is 13.0. The Labute approximate surface area is 282 Å². The van der Waals surface area contributed by atoms with Gasteiger partial charge in [0.05, 0.1) is 39.8 Å². The number of hydrogen-bond acceptors (Lipinski definition) is 5. The summed E-state index contributed by atoms with van der Waals surface area (Å²) in [7, 11) is -1.34. The third-order valence-electron chi connectivity index (χ3n) is 9.42. The zero-order valence-electron chi connectivity index (χ0n) is 25.9. The summed E-state index contributed by atoms with van der Waals surface area (Å²) in [5, 5.41) is 21.0.